The molecule has 3 heterocycles. The van der Waals surface area contributed by atoms with Crippen LogP contribution in [0.4, 0.5) is 11.4 Å². The van der Waals surface area contributed by atoms with Crippen LogP contribution >= 0.6 is 22.7 Å². The third-order valence-corrected chi connectivity index (χ3v) is 10.0. The van der Waals surface area contributed by atoms with Crippen LogP contribution in [0.5, 0.6) is 0 Å². The van der Waals surface area contributed by atoms with Gasteiger partial charge in [-0.25, -0.2) is 0 Å². The molecule has 0 aliphatic heterocycles. The summed E-state index contributed by atoms with van der Waals surface area (Å²) < 4.78 is 9.45. The summed E-state index contributed by atoms with van der Waals surface area (Å²) in [5.74, 6) is 0. The maximum absolute atomic E-state index is 11.0. The number of non-ortho nitro benzene ring substituents is 2. The second-order valence-corrected chi connectivity index (χ2v) is 12.8. The van der Waals surface area contributed by atoms with Gasteiger partial charge in [0.15, 0.2) is 0 Å². The standard InChI is InChI=1S/C32H16N6O4S2Se/c33-17-21(19-1-5-23(6-2-19)37(39)40)15-25-9-13-29(43-25)27-11-12-28(32-31(27)35-45-36-32)30-14-10-26(44-30)16-22(18-34)20-3-7-24(8-4-20)38(41)42/h1-16H/b21-15+,22-16+. The molecule has 216 valence electrons. The number of hydrogen-bond acceptors (Lipinski definition) is 10. The summed E-state index contributed by atoms with van der Waals surface area (Å²) in [6.07, 6.45) is 3.53. The van der Waals surface area contributed by atoms with Gasteiger partial charge in [0.25, 0.3) is 0 Å². The predicted molar refractivity (Wildman–Crippen MR) is 176 cm³/mol. The van der Waals surface area contributed by atoms with Crippen LogP contribution in [-0.2, 0) is 0 Å². The fourth-order valence-electron chi connectivity index (χ4n) is 4.58. The number of hydrogen-bond donors (Lipinski definition) is 0. The van der Waals surface area contributed by atoms with E-state index in [0.717, 1.165) is 41.7 Å². The molecule has 6 aromatic rings. The second-order valence-electron chi connectivity index (χ2n) is 9.47. The van der Waals surface area contributed by atoms with Crippen molar-refractivity contribution in [1.29, 1.82) is 10.5 Å². The fourth-order valence-corrected chi connectivity index (χ4v) is 7.74. The Kier molecular flexibility index (Phi) is 8.25. The predicted octanol–water partition coefficient (Wildman–Crippen LogP) is 8.09. The van der Waals surface area contributed by atoms with E-state index in [1.807, 2.05) is 36.4 Å². The van der Waals surface area contributed by atoms with Crippen LogP contribution in [0.15, 0.2) is 84.9 Å². The minimum absolute atomic E-state index is 0.0353. The first-order valence-electron chi connectivity index (χ1n) is 13.0. The van der Waals surface area contributed by atoms with Crippen molar-refractivity contribution in [2.45, 2.75) is 0 Å². The summed E-state index contributed by atoms with van der Waals surface area (Å²) in [5, 5.41) is 41.4. The van der Waals surface area contributed by atoms with E-state index in [2.05, 4.69) is 12.1 Å². The van der Waals surface area contributed by atoms with Gasteiger partial charge in [-0.15, -0.1) is 0 Å². The van der Waals surface area contributed by atoms with Crippen LogP contribution < -0.4 is 0 Å². The molecule has 0 saturated carbocycles. The summed E-state index contributed by atoms with van der Waals surface area (Å²) in [4.78, 5) is 24.6. The van der Waals surface area contributed by atoms with Crippen molar-refractivity contribution in [1.82, 2.24) is 7.96 Å². The molecule has 6 rings (SSSR count). The van der Waals surface area contributed by atoms with Crippen molar-refractivity contribution in [3.8, 4) is 33.0 Å². The number of nitrogens with zero attached hydrogens (tertiary/aromatic N) is 6. The number of nitro benzene ring substituents is 2. The average molecular weight is 692 g/mol. The first kappa shape index (κ1) is 29.5. The molecule has 0 saturated heterocycles. The first-order valence-corrected chi connectivity index (χ1v) is 16.2. The van der Waals surface area contributed by atoms with Crippen molar-refractivity contribution < 1.29 is 9.85 Å². The van der Waals surface area contributed by atoms with E-state index < -0.39 is 9.85 Å². The maximum atomic E-state index is 11.0. The summed E-state index contributed by atoms with van der Waals surface area (Å²) >= 11 is 2.73. The van der Waals surface area contributed by atoms with E-state index >= 15 is 0 Å². The number of allylic oxidation sites excluding steroid dienone is 2. The van der Waals surface area contributed by atoms with Gasteiger partial charge in [0.2, 0.25) is 0 Å². The van der Waals surface area contributed by atoms with Crippen molar-refractivity contribution in [2.75, 3.05) is 0 Å². The van der Waals surface area contributed by atoms with Crippen LogP contribution in [0.2, 0.25) is 0 Å². The third-order valence-electron chi connectivity index (χ3n) is 6.79. The third kappa shape index (κ3) is 6.10. The Bertz CT molecular complexity index is 2090. The van der Waals surface area contributed by atoms with E-state index in [1.54, 1.807) is 36.4 Å². The van der Waals surface area contributed by atoms with Crippen molar-refractivity contribution in [3.05, 3.63) is 126 Å². The van der Waals surface area contributed by atoms with Crippen molar-refractivity contribution >= 4 is 83.3 Å². The van der Waals surface area contributed by atoms with E-state index in [9.17, 15) is 30.8 Å². The van der Waals surface area contributed by atoms with Gasteiger partial charge in [-0.3, -0.25) is 20.2 Å². The number of benzene rings is 3. The molecule has 0 aliphatic carbocycles. The molecule has 3 aromatic heterocycles. The summed E-state index contributed by atoms with van der Waals surface area (Å²) in [6.45, 7) is 0. The zero-order valence-corrected chi connectivity index (χ0v) is 26.1. The normalized spacial score (nSPS) is 11.7. The Balaban J connectivity index is 1.28. The van der Waals surface area contributed by atoms with E-state index in [0.29, 0.717) is 22.3 Å². The average Bonchev–Trinajstić information content (AvgIpc) is 3.84. The Morgan fingerprint density at radius 2 is 1.04 bits per heavy atom. The van der Waals surface area contributed by atoms with Crippen LogP contribution in [-0.4, -0.2) is 32.8 Å². The SMILES string of the molecule is N#C/C(=C\c1ccc(-c2ccc(-c3ccc(/C=C(\C#N)c4ccc([N+](=O)[O-])cc4)s3)c3n[se]nc23)s1)c1ccc([N+](=O)[O-])cc1. The Labute approximate surface area is 269 Å². The summed E-state index contributed by atoms with van der Waals surface area (Å²) in [7, 11) is 0. The number of nitriles is 2. The second kappa shape index (κ2) is 12.6. The molecule has 13 heteroatoms. The van der Waals surface area contributed by atoms with Gasteiger partial charge in [-0.05, 0) is 0 Å². The molecular weight excluding hydrogens is 675 g/mol. The molecule has 0 bridgehead atoms. The molecular formula is C32H16N6O4S2Se. The molecule has 0 atom stereocenters. The van der Waals surface area contributed by atoms with Gasteiger partial charge in [0.1, 0.15) is 0 Å². The van der Waals surface area contributed by atoms with E-state index in [4.69, 9.17) is 7.96 Å². The Morgan fingerprint density at radius 1 is 0.644 bits per heavy atom. The topological polar surface area (TPSA) is 160 Å². The summed E-state index contributed by atoms with van der Waals surface area (Å²) in [6, 6.07) is 28.0. The molecule has 45 heavy (non-hydrogen) atoms. The van der Waals surface area contributed by atoms with Gasteiger partial charge in [0.05, 0.1) is 9.85 Å². The zero-order chi connectivity index (χ0) is 31.5. The van der Waals surface area contributed by atoms with Gasteiger partial charge < -0.3 is 0 Å². The quantitative estimate of drug-likeness (QED) is 0.0670. The first-order chi connectivity index (χ1) is 21.8. The number of rotatable bonds is 8. The van der Waals surface area contributed by atoms with Crippen molar-refractivity contribution in [2.24, 2.45) is 0 Å². The van der Waals surface area contributed by atoms with Gasteiger partial charge in [-0.1, -0.05) is 0 Å². The Hall–Kier alpha value is -5.56. The van der Waals surface area contributed by atoms with Gasteiger partial charge in [-0.2, -0.15) is 0 Å². The fraction of sp³-hybridized carbons (Fsp3) is 0. The monoisotopic (exact) mass is 692 g/mol. The molecule has 10 nitrogen and oxygen atoms in total. The zero-order valence-electron chi connectivity index (χ0n) is 22.8. The van der Waals surface area contributed by atoms with Crippen LogP contribution in [0.3, 0.4) is 0 Å². The summed E-state index contributed by atoms with van der Waals surface area (Å²) in [5.41, 5.74) is 5.44. The molecule has 0 unspecified atom stereocenters. The van der Waals surface area contributed by atoms with E-state index in [-0.39, 0.29) is 26.3 Å². The van der Waals surface area contributed by atoms with Crippen molar-refractivity contribution in [3.63, 3.8) is 0 Å². The van der Waals surface area contributed by atoms with Gasteiger partial charge in [0, 0.05) is 0 Å². The molecule has 3 aromatic carbocycles. The molecule has 0 N–H and O–H groups in total. The molecule has 0 fully saturated rings. The minimum atomic E-state index is -0.475. The molecule has 0 spiro atoms. The van der Waals surface area contributed by atoms with Gasteiger partial charge >= 0.3 is 241 Å². The number of nitro groups is 2. The van der Waals surface area contributed by atoms with Crippen LogP contribution in [0.1, 0.15) is 20.9 Å². The molecule has 0 amide bonds. The van der Waals surface area contributed by atoms with Crippen LogP contribution in [0.25, 0.3) is 55.2 Å². The van der Waals surface area contributed by atoms with Crippen LogP contribution in [0, 0.1) is 42.9 Å². The number of aromatic nitrogens is 2. The number of fused-ring (bicyclic) bond motifs is 1. The molecule has 0 radical (unpaired) electrons. The molecule has 0 aliphatic rings. The van der Waals surface area contributed by atoms with E-state index in [1.165, 1.54) is 46.9 Å². The Morgan fingerprint density at radius 3 is 1.40 bits per heavy atom. The number of thiophene rings is 2.